The van der Waals surface area contributed by atoms with Crippen LogP contribution in [0.3, 0.4) is 0 Å². The molecule has 1 aromatic rings. The van der Waals surface area contributed by atoms with E-state index in [0.29, 0.717) is 6.42 Å². The lowest BCUT2D eigenvalue weighted by atomic mass is 10.1. The predicted octanol–water partition coefficient (Wildman–Crippen LogP) is 3.02. The molecule has 0 saturated heterocycles. The van der Waals surface area contributed by atoms with Crippen molar-refractivity contribution in [2.24, 2.45) is 5.73 Å². The van der Waals surface area contributed by atoms with Crippen LogP contribution in [0.1, 0.15) is 18.4 Å². The van der Waals surface area contributed by atoms with E-state index in [9.17, 15) is 4.79 Å². The highest BCUT2D eigenvalue weighted by Crippen LogP contribution is 2.21. The van der Waals surface area contributed by atoms with Gasteiger partial charge in [-0.15, -0.1) is 0 Å². The van der Waals surface area contributed by atoms with E-state index < -0.39 is 0 Å². The largest absolute Gasteiger partial charge is 0.370 e. The van der Waals surface area contributed by atoms with Gasteiger partial charge >= 0.3 is 0 Å². The second kappa shape index (κ2) is 5.51. The lowest BCUT2D eigenvalue weighted by Gasteiger charge is -2.02. The third-order valence-electron chi connectivity index (χ3n) is 1.81. The first-order valence-electron chi connectivity index (χ1n) is 4.31. The van der Waals surface area contributed by atoms with Gasteiger partial charge in [0.1, 0.15) is 0 Å². The Bertz CT molecular complexity index is 319. The molecule has 14 heavy (non-hydrogen) atoms. The molecule has 1 aromatic carbocycles. The topological polar surface area (TPSA) is 43.1 Å². The van der Waals surface area contributed by atoms with Gasteiger partial charge in [0.15, 0.2) is 0 Å². The molecule has 0 aliphatic rings. The van der Waals surface area contributed by atoms with Crippen LogP contribution in [0.5, 0.6) is 0 Å². The first kappa shape index (κ1) is 11.7. The second-order valence-electron chi connectivity index (χ2n) is 3.10. The molecule has 2 N–H and O–H groups in total. The van der Waals surface area contributed by atoms with E-state index in [-0.39, 0.29) is 5.91 Å². The first-order valence-corrected chi connectivity index (χ1v) is 5.90. The lowest BCUT2D eigenvalue weighted by Crippen LogP contribution is -2.10. The molecule has 0 fully saturated rings. The van der Waals surface area contributed by atoms with Gasteiger partial charge in [0.2, 0.25) is 5.91 Å². The molecule has 0 aliphatic carbocycles. The Kier molecular flexibility index (Phi) is 4.62. The van der Waals surface area contributed by atoms with E-state index in [0.717, 1.165) is 21.8 Å². The average Bonchev–Trinajstić information content (AvgIpc) is 2.01. The number of hydrogen-bond donors (Lipinski definition) is 1. The van der Waals surface area contributed by atoms with Crippen LogP contribution in [0, 0.1) is 0 Å². The maximum absolute atomic E-state index is 10.5. The minimum atomic E-state index is -0.237. The number of rotatable bonds is 4. The molecule has 0 bridgehead atoms. The molecule has 0 heterocycles. The minimum Gasteiger partial charge on any atom is -0.370 e. The van der Waals surface area contributed by atoms with E-state index >= 15 is 0 Å². The van der Waals surface area contributed by atoms with E-state index in [1.807, 2.05) is 18.2 Å². The summed E-state index contributed by atoms with van der Waals surface area (Å²) in [4.78, 5) is 10.5. The molecule has 0 unspecified atom stereocenters. The van der Waals surface area contributed by atoms with Crippen molar-refractivity contribution in [3.63, 3.8) is 0 Å². The van der Waals surface area contributed by atoms with Crippen molar-refractivity contribution in [2.75, 3.05) is 0 Å². The number of nitrogens with two attached hydrogens (primary N) is 1. The normalized spacial score (nSPS) is 10.1. The summed E-state index contributed by atoms with van der Waals surface area (Å²) in [5.41, 5.74) is 6.26. The monoisotopic (exact) mass is 319 g/mol. The molecule has 2 nitrogen and oxygen atoms in total. The summed E-state index contributed by atoms with van der Waals surface area (Å²) in [6, 6.07) is 6.08. The van der Waals surface area contributed by atoms with E-state index in [1.165, 1.54) is 5.56 Å². The quantitative estimate of drug-likeness (QED) is 0.910. The lowest BCUT2D eigenvalue weighted by molar-refractivity contribution is -0.118. The molecule has 0 atom stereocenters. The van der Waals surface area contributed by atoms with Gasteiger partial charge in [-0.3, -0.25) is 4.79 Å². The Morgan fingerprint density at radius 3 is 2.29 bits per heavy atom. The van der Waals surface area contributed by atoms with Gasteiger partial charge in [-0.05, 0) is 36.6 Å². The third kappa shape index (κ3) is 4.24. The fraction of sp³-hybridized carbons (Fsp3) is 0.300. The number of hydrogen-bond acceptors (Lipinski definition) is 1. The molecule has 1 amide bonds. The maximum Gasteiger partial charge on any atom is 0.217 e. The zero-order valence-electron chi connectivity index (χ0n) is 7.59. The van der Waals surface area contributed by atoms with Crippen LogP contribution in [-0.2, 0) is 11.2 Å². The number of primary amides is 1. The number of aryl methyl sites for hydroxylation is 1. The van der Waals surface area contributed by atoms with Crippen molar-refractivity contribution >= 4 is 37.8 Å². The first-order chi connectivity index (χ1) is 6.58. The van der Waals surface area contributed by atoms with Gasteiger partial charge in [-0.2, -0.15) is 0 Å². The highest BCUT2D eigenvalue weighted by atomic mass is 79.9. The van der Waals surface area contributed by atoms with Crippen molar-refractivity contribution < 1.29 is 4.79 Å². The molecule has 0 radical (unpaired) electrons. The molecule has 0 saturated carbocycles. The molecule has 0 aromatic heterocycles. The fourth-order valence-electron chi connectivity index (χ4n) is 1.22. The molecule has 0 spiro atoms. The molecule has 0 aliphatic heterocycles. The molecular weight excluding hydrogens is 310 g/mol. The smallest absolute Gasteiger partial charge is 0.217 e. The van der Waals surface area contributed by atoms with Gasteiger partial charge in [-0.25, -0.2) is 0 Å². The van der Waals surface area contributed by atoms with Crippen molar-refractivity contribution in [1.82, 2.24) is 0 Å². The number of amides is 1. The standard InChI is InChI=1S/C10H11Br2NO/c11-8-4-7(5-9(12)6-8)2-1-3-10(13)14/h4-6H,1-3H2,(H2,13,14). The fourth-order valence-corrected chi connectivity index (χ4v) is 2.61. The van der Waals surface area contributed by atoms with Crippen molar-refractivity contribution in [2.45, 2.75) is 19.3 Å². The van der Waals surface area contributed by atoms with Crippen molar-refractivity contribution in [3.05, 3.63) is 32.7 Å². The van der Waals surface area contributed by atoms with Gasteiger partial charge in [-0.1, -0.05) is 31.9 Å². The Hall–Kier alpha value is -0.350. The highest BCUT2D eigenvalue weighted by Gasteiger charge is 1.99. The van der Waals surface area contributed by atoms with Crippen LogP contribution in [0.4, 0.5) is 0 Å². The van der Waals surface area contributed by atoms with Crippen LogP contribution in [0.2, 0.25) is 0 Å². The van der Waals surface area contributed by atoms with Crippen LogP contribution in [0.25, 0.3) is 0 Å². The van der Waals surface area contributed by atoms with Crippen LogP contribution in [-0.4, -0.2) is 5.91 Å². The minimum absolute atomic E-state index is 0.237. The summed E-state index contributed by atoms with van der Waals surface area (Å²) in [6.07, 6.45) is 2.13. The zero-order valence-corrected chi connectivity index (χ0v) is 10.8. The maximum atomic E-state index is 10.5. The molecular formula is C10H11Br2NO. The molecule has 4 heteroatoms. The third-order valence-corrected chi connectivity index (χ3v) is 2.73. The Labute approximate surface area is 100 Å². The van der Waals surface area contributed by atoms with Gasteiger partial charge in [0.25, 0.3) is 0 Å². The predicted molar refractivity (Wildman–Crippen MR) is 64.0 cm³/mol. The van der Waals surface area contributed by atoms with E-state index in [1.54, 1.807) is 0 Å². The highest BCUT2D eigenvalue weighted by molar-refractivity contribution is 9.11. The van der Waals surface area contributed by atoms with Crippen molar-refractivity contribution in [1.29, 1.82) is 0 Å². The molecule has 76 valence electrons. The van der Waals surface area contributed by atoms with Crippen molar-refractivity contribution in [3.8, 4) is 0 Å². The number of carbonyl (C=O) groups excluding carboxylic acids is 1. The second-order valence-corrected chi connectivity index (χ2v) is 4.93. The molecule has 1 rings (SSSR count). The number of benzene rings is 1. The van der Waals surface area contributed by atoms with Gasteiger partial charge in [0, 0.05) is 15.4 Å². The van der Waals surface area contributed by atoms with Crippen LogP contribution in [0.15, 0.2) is 27.1 Å². The Morgan fingerprint density at radius 1 is 1.21 bits per heavy atom. The van der Waals surface area contributed by atoms with Gasteiger partial charge in [0.05, 0.1) is 0 Å². The summed E-state index contributed by atoms with van der Waals surface area (Å²) in [5.74, 6) is -0.237. The van der Waals surface area contributed by atoms with Crippen LogP contribution >= 0.6 is 31.9 Å². The summed E-state index contributed by atoms with van der Waals surface area (Å²) < 4.78 is 2.09. The SMILES string of the molecule is NC(=O)CCCc1cc(Br)cc(Br)c1. The number of halogens is 2. The Balaban J connectivity index is 2.54. The van der Waals surface area contributed by atoms with Crippen LogP contribution < -0.4 is 5.73 Å². The number of carbonyl (C=O) groups is 1. The average molecular weight is 321 g/mol. The van der Waals surface area contributed by atoms with E-state index in [2.05, 4.69) is 31.9 Å². The Morgan fingerprint density at radius 2 is 1.79 bits per heavy atom. The van der Waals surface area contributed by atoms with Gasteiger partial charge < -0.3 is 5.73 Å². The summed E-state index contributed by atoms with van der Waals surface area (Å²) in [7, 11) is 0. The zero-order chi connectivity index (χ0) is 10.6. The summed E-state index contributed by atoms with van der Waals surface area (Å²) >= 11 is 6.82. The van der Waals surface area contributed by atoms with E-state index in [4.69, 9.17) is 5.73 Å². The summed E-state index contributed by atoms with van der Waals surface area (Å²) in [6.45, 7) is 0. The summed E-state index contributed by atoms with van der Waals surface area (Å²) in [5, 5.41) is 0.